The van der Waals surface area contributed by atoms with Crippen LogP contribution in [0.15, 0.2) is 48.5 Å². The molecule has 3 heterocycles. The molecule has 2 aromatic carbocycles. The predicted octanol–water partition coefficient (Wildman–Crippen LogP) is 3.59. The van der Waals surface area contributed by atoms with E-state index in [9.17, 15) is 4.79 Å². The Labute approximate surface area is 158 Å². The Kier molecular flexibility index (Phi) is 4.17. The average Bonchev–Trinajstić information content (AvgIpc) is 3.06. The van der Waals surface area contributed by atoms with Crippen LogP contribution in [0.3, 0.4) is 0 Å². The molecule has 2 fully saturated rings. The number of hydrogen-bond acceptors (Lipinski definition) is 3. The highest BCUT2D eigenvalue weighted by atomic mass is 16.2. The first kappa shape index (κ1) is 16.5. The monoisotopic (exact) mass is 360 g/mol. The zero-order valence-corrected chi connectivity index (χ0v) is 15.3. The quantitative estimate of drug-likeness (QED) is 0.750. The number of amides is 1. The Balaban J connectivity index is 1.36. The summed E-state index contributed by atoms with van der Waals surface area (Å²) in [6.45, 7) is 2.14. The van der Waals surface area contributed by atoms with Crippen LogP contribution in [0.1, 0.15) is 36.2 Å². The highest BCUT2D eigenvalue weighted by molar-refractivity contribution is 6.05. The number of carbonyl (C=O) groups is 1. The normalized spacial score (nSPS) is 22.7. The highest BCUT2D eigenvalue weighted by Crippen LogP contribution is 2.28. The zero-order valence-electron chi connectivity index (χ0n) is 15.3. The topological polar surface area (TPSA) is 61.0 Å². The van der Waals surface area contributed by atoms with Crippen LogP contribution in [0.4, 0.5) is 0 Å². The van der Waals surface area contributed by atoms with Crippen LogP contribution in [-0.4, -0.2) is 46.2 Å². The minimum absolute atomic E-state index is 0.0716. The molecule has 2 aliphatic rings. The summed E-state index contributed by atoms with van der Waals surface area (Å²) >= 11 is 0. The van der Waals surface area contributed by atoms with Gasteiger partial charge >= 0.3 is 0 Å². The molecule has 1 aromatic heterocycles. The van der Waals surface area contributed by atoms with Crippen molar-refractivity contribution in [3.05, 3.63) is 54.2 Å². The Morgan fingerprint density at radius 3 is 2.78 bits per heavy atom. The Morgan fingerprint density at radius 2 is 1.96 bits per heavy atom. The summed E-state index contributed by atoms with van der Waals surface area (Å²) in [5.74, 6) is -0.0716. The van der Waals surface area contributed by atoms with E-state index >= 15 is 0 Å². The number of carbonyl (C=O) groups excluding carboxylic acids is 1. The lowest BCUT2D eigenvalue weighted by Crippen LogP contribution is -2.52. The van der Waals surface area contributed by atoms with Crippen molar-refractivity contribution < 1.29 is 4.79 Å². The molecule has 5 nitrogen and oxygen atoms in total. The number of nitrogens with zero attached hydrogens (tertiary/aromatic N) is 2. The molecule has 0 aliphatic carbocycles. The molecule has 1 unspecified atom stereocenters. The van der Waals surface area contributed by atoms with Crippen molar-refractivity contribution in [2.75, 3.05) is 13.1 Å². The number of aromatic amines is 1. The summed E-state index contributed by atoms with van der Waals surface area (Å²) in [7, 11) is 0. The van der Waals surface area contributed by atoms with E-state index in [1.807, 2.05) is 24.3 Å². The standard InChI is InChI=1S/C22H24N4O/c27-22(23-17-7-4-8-18-11-12-26(18)14-17)21-19-10-9-16(13-20(19)24-25-21)15-5-2-1-3-6-15/h1-3,5-6,9-10,13,17-18H,4,7-8,11-12,14H2,(H,23,27)(H,24,25)/t17-,18?/m1/s1. The van der Waals surface area contributed by atoms with E-state index in [2.05, 4.69) is 44.7 Å². The maximum atomic E-state index is 12.8. The molecule has 5 heteroatoms. The molecule has 5 rings (SSSR count). The maximum Gasteiger partial charge on any atom is 0.272 e. The first-order valence-electron chi connectivity index (χ1n) is 9.86. The summed E-state index contributed by atoms with van der Waals surface area (Å²) in [5.41, 5.74) is 3.66. The second-order valence-corrected chi connectivity index (χ2v) is 7.74. The second-order valence-electron chi connectivity index (χ2n) is 7.74. The van der Waals surface area contributed by atoms with E-state index in [4.69, 9.17) is 0 Å². The van der Waals surface area contributed by atoms with E-state index in [1.54, 1.807) is 0 Å². The van der Waals surface area contributed by atoms with Gasteiger partial charge in [-0.1, -0.05) is 36.4 Å². The van der Waals surface area contributed by atoms with Crippen LogP contribution >= 0.6 is 0 Å². The summed E-state index contributed by atoms with van der Waals surface area (Å²) in [6, 6.07) is 17.3. The van der Waals surface area contributed by atoms with Crippen molar-refractivity contribution in [2.45, 2.75) is 37.8 Å². The minimum atomic E-state index is -0.0716. The van der Waals surface area contributed by atoms with Gasteiger partial charge in [0.25, 0.3) is 5.91 Å². The van der Waals surface area contributed by atoms with Crippen molar-refractivity contribution in [1.82, 2.24) is 20.4 Å². The van der Waals surface area contributed by atoms with E-state index in [0.29, 0.717) is 5.69 Å². The first-order chi connectivity index (χ1) is 13.3. The highest BCUT2D eigenvalue weighted by Gasteiger charge is 2.33. The Hall–Kier alpha value is -2.66. The average molecular weight is 360 g/mol. The van der Waals surface area contributed by atoms with E-state index in [-0.39, 0.29) is 11.9 Å². The molecule has 0 bridgehead atoms. The van der Waals surface area contributed by atoms with Crippen LogP contribution in [0.25, 0.3) is 22.0 Å². The van der Waals surface area contributed by atoms with Gasteiger partial charge in [0, 0.05) is 24.0 Å². The summed E-state index contributed by atoms with van der Waals surface area (Å²) < 4.78 is 0. The number of aromatic nitrogens is 2. The molecule has 27 heavy (non-hydrogen) atoms. The lowest BCUT2D eigenvalue weighted by Gasteiger charge is -2.40. The van der Waals surface area contributed by atoms with Crippen molar-refractivity contribution in [3.63, 3.8) is 0 Å². The van der Waals surface area contributed by atoms with Crippen molar-refractivity contribution in [2.24, 2.45) is 0 Å². The number of nitrogens with one attached hydrogen (secondary N) is 2. The third-order valence-electron chi connectivity index (χ3n) is 6.03. The predicted molar refractivity (Wildman–Crippen MR) is 107 cm³/mol. The van der Waals surface area contributed by atoms with Crippen LogP contribution in [0.5, 0.6) is 0 Å². The van der Waals surface area contributed by atoms with Gasteiger partial charge in [-0.05, 0) is 55.5 Å². The Bertz CT molecular complexity index is 965. The molecule has 138 valence electrons. The van der Waals surface area contributed by atoms with Crippen LogP contribution in [-0.2, 0) is 0 Å². The first-order valence-corrected chi connectivity index (χ1v) is 9.86. The van der Waals surface area contributed by atoms with Gasteiger partial charge in [0.15, 0.2) is 5.69 Å². The van der Waals surface area contributed by atoms with Gasteiger partial charge in [0.2, 0.25) is 0 Å². The smallest absolute Gasteiger partial charge is 0.272 e. The number of fused-ring (bicyclic) bond motifs is 2. The molecule has 1 amide bonds. The molecule has 2 N–H and O–H groups in total. The van der Waals surface area contributed by atoms with Gasteiger partial charge in [-0.15, -0.1) is 0 Å². The van der Waals surface area contributed by atoms with Crippen LogP contribution in [0.2, 0.25) is 0 Å². The van der Waals surface area contributed by atoms with Crippen molar-refractivity contribution in [3.8, 4) is 11.1 Å². The van der Waals surface area contributed by atoms with E-state index < -0.39 is 0 Å². The van der Waals surface area contributed by atoms with Crippen LogP contribution < -0.4 is 5.32 Å². The number of hydrogen-bond donors (Lipinski definition) is 2. The fourth-order valence-corrected chi connectivity index (χ4v) is 4.41. The number of rotatable bonds is 3. The van der Waals surface area contributed by atoms with E-state index in [1.165, 1.54) is 25.8 Å². The number of benzene rings is 2. The summed E-state index contributed by atoms with van der Waals surface area (Å²) in [4.78, 5) is 15.4. The molecule has 0 spiro atoms. The van der Waals surface area contributed by atoms with Crippen molar-refractivity contribution in [1.29, 1.82) is 0 Å². The fourth-order valence-electron chi connectivity index (χ4n) is 4.41. The number of H-pyrrole nitrogens is 1. The van der Waals surface area contributed by atoms with Gasteiger partial charge in [0.05, 0.1) is 5.52 Å². The summed E-state index contributed by atoms with van der Waals surface area (Å²) in [5, 5.41) is 11.4. The molecule has 3 aromatic rings. The van der Waals surface area contributed by atoms with Gasteiger partial charge < -0.3 is 5.32 Å². The molecular formula is C22H24N4O. The largest absolute Gasteiger partial charge is 0.347 e. The molecule has 2 aliphatic heterocycles. The third kappa shape index (κ3) is 3.12. The Morgan fingerprint density at radius 1 is 1.07 bits per heavy atom. The maximum absolute atomic E-state index is 12.8. The zero-order chi connectivity index (χ0) is 18.2. The molecular weight excluding hydrogens is 336 g/mol. The third-order valence-corrected chi connectivity index (χ3v) is 6.03. The summed E-state index contributed by atoms with van der Waals surface area (Å²) in [6.07, 6.45) is 4.82. The minimum Gasteiger partial charge on any atom is -0.347 e. The molecule has 0 saturated carbocycles. The second kappa shape index (κ2) is 6.82. The fraction of sp³-hybridized carbons (Fsp3) is 0.364. The van der Waals surface area contributed by atoms with Gasteiger partial charge in [-0.2, -0.15) is 5.10 Å². The lowest BCUT2D eigenvalue weighted by atomic mass is 10.00. The molecule has 2 atom stereocenters. The lowest BCUT2D eigenvalue weighted by molar-refractivity contribution is 0.0787. The van der Waals surface area contributed by atoms with Gasteiger partial charge in [-0.3, -0.25) is 14.8 Å². The van der Waals surface area contributed by atoms with Gasteiger partial charge in [-0.25, -0.2) is 0 Å². The van der Waals surface area contributed by atoms with E-state index in [0.717, 1.165) is 41.0 Å². The molecule has 0 radical (unpaired) electrons. The van der Waals surface area contributed by atoms with Gasteiger partial charge in [0.1, 0.15) is 0 Å². The molecule has 2 saturated heterocycles. The van der Waals surface area contributed by atoms with Crippen LogP contribution in [0, 0.1) is 0 Å². The SMILES string of the molecule is O=C(N[C@@H]1CCCC2CCN2C1)c1n[nH]c2cc(-c3ccccc3)ccc12. The van der Waals surface area contributed by atoms with Crippen molar-refractivity contribution >= 4 is 16.8 Å².